The summed E-state index contributed by atoms with van der Waals surface area (Å²) in [5.74, 6) is 0. The molecule has 0 unspecified atom stereocenters. The van der Waals surface area contributed by atoms with Crippen molar-refractivity contribution >= 4 is 23.8 Å². The van der Waals surface area contributed by atoms with Crippen LogP contribution in [0.2, 0.25) is 0 Å². The van der Waals surface area contributed by atoms with Crippen LogP contribution in [0.4, 0.5) is 5.69 Å². The van der Waals surface area contributed by atoms with Crippen LogP contribution in [0.15, 0.2) is 23.2 Å². The first-order valence-corrected chi connectivity index (χ1v) is 4.56. The zero-order valence-corrected chi connectivity index (χ0v) is 7.25. The summed E-state index contributed by atoms with van der Waals surface area (Å²) in [6, 6.07) is 6.28. The minimum atomic E-state index is 1.10. The molecule has 0 aromatic heterocycles. The zero-order chi connectivity index (χ0) is 8.67. The fraction of sp³-hybridized carbons (Fsp3) is 0.182. The maximum atomic E-state index is 4.31. The molecule has 1 heterocycles. The highest BCUT2D eigenvalue weighted by molar-refractivity contribution is 5.76. The van der Waals surface area contributed by atoms with Gasteiger partial charge in [0.2, 0.25) is 0 Å². The van der Waals surface area contributed by atoms with Gasteiger partial charge in [-0.15, -0.1) is 0 Å². The molecule has 1 aromatic rings. The summed E-state index contributed by atoms with van der Waals surface area (Å²) in [4.78, 5) is 4.31. The van der Waals surface area contributed by atoms with Crippen LogP contribution < -0.4 is 15.8 Å². The Bertz CT molecular complexity index is 497. The summed E-state index contributed by atoms with van der Waals surface area (Å²) < 4.78 is 0. The molecule has 1 aliphatic heterocycles. The molecule has 0 radical (unpaired) electrons. The summed E-state index contributed by atoms with van der Waals surface area (Å²) >= 11 is 0. The number of aliphatic imine (C=N–C) groups is 1. The Morgan fingerprint density at radius 3 is 3.31 bits per heavy atom. The van der Waals surface area contributed by atoms with E-state index in [0.717, 1.165) is 18.5 Å². The minimum Gasteiger partial charge on any atom is -0.349 e. The van der Waals surface area contributed by atoms with Crippen LogP contribution in [0, 0.1) is 0 Å². The molecule has 2 nitrogen and oxygen atoms in total. The number of benzene rings is 1. The smallest absolute Gasteiger partial charge is 0.0928 e. The molecule has 2 aliphatic rings. The van der Waals surface area contributed by atoms with E-state index in [2.05, 4.69) is 34.6 Å². The van der Waals surface area contributed by atoms with E-state index >= 15 is 0 Å². The molecule has 0 saturated carbocycles. The van der Waals surface area contributed by atoms with Crippen LogP contribution in [0.25, 0.3) is 11.8 Å². The first-order chi connectivity index (χ1) is 6.45. The van der Waals surface area contributed by atoms with Gasteiger partial charge in [0.15, 0.2) is 0 Å². The Balaban J connectivity index is 2.54. The first-order valence-electron chi connectivity index (χ1n) is 4.56. The Kier molecular flexibility index (Phi) is 1.30. The van der Waals surface area contributed by atoms with Gasteiger partial charge in [-0.05, 0) is 24.1 Å². The van der Waals surface area contributed by atoms with Crippen LogP contribution in [0.1, 0.15) is 12.8 Å². The molecular weight excluding hydrogens is 160 g/mol. The highest BCUT2D eigenvalue weighted by Crippen LogP contribution is 2.11. The second-order valence-corrected chi connectivity index (χ2v) is 3.37. The Morgan fingerprint density at radius 1 is 1.31 bits per heavy atom. The number of hydrogen-bond acceptors (Lipinski definition) is 2. The van der Waals surface area contributed by atoms with Gasteiger partial charge < -0.3 is 5.32 Å². The molecule has 3 rings (SSSR count). The van der Waals surface area contributed by atoms with Crippen molar-refractivity contribution in [3.63, 3.8) is 0 Å². The first kappa shape index (κ1) is 6.89. The Morgan fingerprint density at radius 2 is 2.31 bits per heavy atom. The zero-order valence-electron chi connectivity index (χ0n) is 7.25. The number of rotatable bonds is 0. The third-order valence-corrected chi connectivity index (χ3v) is 2.58. The summed E-state index contributed by atoms with van der Waals surface area (Å²) in [6.45, 7) is 0. The SMILES string of the molecule is C1=Nc2cccc3c2=C(CCC=3)N1. The van der Waals surface area contributed by atoms with Gasteiger partial charge in [0.25, 0.3) is 0 Å². The highest BCUT2D eigenvalue weighted by atomic mass is 15.0. The monoisotopic (exact) mass is 170 g/mol. The van der Waals surface area contributed by atoms with Crippen LogP contribution in [0.5, 0.6) is 0 Å². The van der Waals surface area contributed by atoms with E-state index in [1.165, 1.54) is 16.1 Å². The van der Waals surface area contributed by atoms with Crippen LogP contribution in [-0.2, 0) is 0 Å². The van der Waals surface area contributed by atoms with Gasteiger partial charge in [-0.1, -0.05) is 18.2 Å². The molecule has 0 atom stereocenters. The maximum absolute atomic E-state index is 4.31. The van der Waals surface area contributed by atoms with Crippen molar-refractivity contribution in [1.82, 2.24) is 5.32 Å². The molecular formula is C11H10N2. The van der Waals surface area contributed by atoms with E-state index in [0.29, 0.717) is 0 Å². The van der Waals surface area contributed by atoms with E-state index in [9.17, 15) is 0 Å². The predicted molar refractivity (Wildman–Crippen MR) is 54.1 cm³/mol. The molecule has 0 amide bonds. The third-order valence-electron chi connectivity index (χ3n) is 2.58. The van der Waals surface area contributed by atoms with Crippen LogP contribution >= 0.6 is 0 Å². The third kappa shape index (κ3) is 0.917. The minimum absolute atomic E-state index is 1.10. The summed E-state index contributed by atoms with van der Waals surface area (Å²) in [7, 11) is 0. The second-order valence-electron chi connectivity index (χ2n) is 3.37. The summed E-state index contributed by atoms with van der Waals surface area (Å²) in [5.41, 5.74) is 2.42. The number of nitrogens with one attached hydrogen (secondary N) is 1. The molecule has 0 bridgehead atoms. The van der Waals surface area contributed by atoms with Gasteiger partial charge in [0.05, 0.1) is 12.0 Å². The number of hydrogen-bond donors (Lipinski definition) is 1. The lowest BCUT2D eigenvalue weighted by molar-refractivity contribution is 1.00. The van der Waals surface area contributed by atoms with Crippen molar-refractivity contribution in [3.8, 4) is 0 Å². The molecule has 2 heteroatoms. The van der Waals surface area contributed by atoms with Gasteiger partial charge in [-0.3, -0.25) is 0 Å². The second kappa shape index (κ2) is 2.46. The summed E-state index contributed by atoms with van der Waals surface area (Å²) in [6.07, 6.45) is 6.31. The maximum Gasteiger partial charge on any atom is 0.0928 e. The van der Waals surface area contributed by atoms with Crippen molar-refractivity contribution in [2.24, 2.45) is 4.99 Å². The van der Waals surface area contributed by atoms with E-state index in [4.69, 9.17) is 0 Å². The lowest BCUT2D eigenvalue weighted by Gasteiger charge is -2.15. The highest BCUT2D eigenvalue weighted by Gasteiger charge is 2.08. The Hall–Kier alpha value is -1.57. The van der Waals surface area contributed by atoms with Gasteiger partial charge in [0.1, 0.15) is 0 Å². The van der Waals surface area contributed by atoms with Crippen molar-refractivity contribution < 1.29 is 0 Å². The van der Waals surface area contributed by atoms with Crippen molar-refractivity contribution in [2.45, 2.75) is 12.8 Å². The molecule has 64 valence electrons. The molecule has 0 spiro atoms. The fourth-order valence-corrected chi connectivity index (χ4v) is 1.99. The van der Waals surface area contributed by atoms with Gasteiger partial charge in [-0.2, -0.15) is 0 Å². The molecule has 1 aromatic carbocycles. The average Bonchev–Trinajstić information content (AvgIpc) is 2.19. The molecule has 13 heavy (non-hydrogen) atoms. The van der Waals surface area contributed by atoms with Crippen molar-refractivity contribution in [3.05, 3.63) is 28.6 Å². The Labute approximate surface area is 76.3 Å². The topological polar surface area (TPSA) is 24.4 Å². The van der Waals surface area contributed by atoms with Gasteiger partial charge >= 0.3 is 0 Å². The van der Waals surface area contributed by atoms with E-state index in [1.807, 2.05) is 0 Å². The van der Waals surface area contributed by atoms with Crippen LogP contribution in [0.3, 0.4) is 0 Å². The number of nitrogens with zero attached hydrogens (tertiary/aromatic N) is 1. The van der Waals surface area contributed by atoms with Gasteiger partial charge in [-0.25, -0.2) is 4.99 Å². The fourth-order valence-electron chi connectivity index (χ4n) is 1.99. The lowest BCUT2D eigenvalue weighted by Crippen LogP contribution is -2.36. The van der Waals surface area contributed by atoms with Crippen LogP contribution in [-0.4, -0.2) is 6.34 Å². The van der Waals surface area contributed by atoms with E-state index in [1.54, 1.807) is 6.34 Å². The standard InChI is InChI=1S/C11H10N2/c1-3-8-4-2-6-10-11(8)9(5-1)12-7-13-10/h1,3-5,7H,2,6H2,(H,12,13). The summed E-state index contributed by atoms with van der Waals surface area (Å²) in [5, 5.41) is 5.85. The molecule has 0 saturated heterocycles. The van der Waals surface area contributed by atoms with Crippen molar-refractivity contribution in [1.29, 1.82) is 0 Å². The normalized spacial score (nSPS) is 17.4. The quantitative estimate of drug-likeness (QED) is 0.607. The average molecular weight is 170 g/mol. The van der Waals surface area contributed by atoms with E-state index < -0.39 is 0 Å². The lowest BCUT2D eigenvalue weighted by atomic mass is 10.0. The van der Waals surface area contributed by atoms with Crippen molar-refractivity contribution in [2.75, 3.05) is 0 Å². The predicted octanol–water partition coefficient (Wildman–Crippen LogP) is 0.632. The molecule has 1 N–H and O–H groups in total. The largest absolute Gasteiger partial charge is 0.349 e. The molecule has 1 aliphatic carbocycles. The van der Waals surface area contributed by atoms with E-state index in [-0.39, 0.29) is 0 Å². The van der Waals surface area contributed by atoms with Gasteiger partial charge in [0, 0.05) is 10.9 Å². The molecule has 0 fully saturated rings.